The lowest BCUT2D eigenvalue weighted by Gasteiger charge is -2.49. The molecule has 3 fully saturated rings. The molecule has 3 aliphatic heterocycles. The van der Waals surface area contributed by atoms with Gasteiger partial charge in [-0.1, -0.05) is 125 Å². The summed E-state index contributed by atoms with van der Waals surface area (Å²) in [6.45, 7) is 17.6. The maximum atomic E-state index is 14.8. The molecular weight excluding hydrogens is 1050 g/mol. The summed E-state index contributed by atoms with van der Waals surface area (Å²) in [5.41, 5.74) is -1.89. The number of hydrogen-bond donors (Lipinski definition) is 5. The summed E-state index contributed by atoms with van der Waals surface area (Å²) < 4.78 is 32.2. The summed E-state index contributed by atoms with van der Waals surface area (Å²) in [6, 6.07) is 41.2. The van der Waals surface area contributed by atoms with Crippen molar-refractivity contribution in [3.63, 3.8) is 0 Å². The lowest BCUT2D eigenvalue weighted by Crippen LogP contribution is -2.60. The topological polar surface area (TPSA) is 171 Å². The third kappa shape index (κ3) is 15.3. The number of carbonyl (C=O) groups excluding carboxylic acids is 1. The molecule has 0 aliphatic carbocycles. The summed E-state index contributed by atoms with van der Waals surface area (Å²) >= 11 is 0. The summed E-state index contributed by atoms with van der Waals surface area (Å²) in [5, 5.41) is 65.2. The molecular formula is C68H102N2O11P+. The van der Waals surface area contributed by atoms with Crippen LogP contribution in [0.3, 0.4) is 0 Å². The molecule has 454 valence electrons. The number of methoxy groups -OCH3 is 1. The summed E-state index contributed by atoms with van der Waals surface area (Å²) in [4.78, 5) is 19.0. The SMILES string of the molecule is CC[C@H]1OC(=O)[C@H](C)[C@@H](C2C[C@@](C)(OC)[C@@H](O)[C@H](C)O2)C[C@@H](O[C@@H]2O[C@H](C)C[C@H](N(C)C)[C@H]2O)[C@](C)(O)C[C@@H](C)CN(CCCCCCCC[P+](c2ccccc2)(c2ccccc2)c2ccccc2-c2ccccc2)[C@H](C)[C@@H](O)[C@]1(C)O. The maximum absolute atomic E-state index is 14.8. The van der Waals surface area contributed by atoms with Crippen molar-refractivity contribution in [2.75, 3.05) is 40.5 Å². The second kappa shape index (κ2) is 29.2. The molecule has 82 heavy (non-hydrogen) atoms. The number of rotatable bonds is 19. The minimum absolute atomic E-state index is 0.0923. The first-order valence-electron chi connectivity index (χ1n) is 30.7. The second-order valence-corrected chi connectivity index (χ2v) is 29.1. The average Bonchev–Trinajstić information content (AvgIpc) is 2.75. The van der Waals surface area contributed by atoms with Gasteiger partial charge in [0.2, 0.25) is 0 Å². The number of cyclic esters (lactones) is 1. The molecule has 13 nitrogen and oxygen atoms in total. The fraction of sp³-hybridized carbons (Fsp3) is 0.632. The molecule has 7 rings (SSSR count). The highest BCUT2D eigenvalue weighted by atomic mass is 31.2. The number of esters is 1. The summed E-state index contributed by atoms with van der Waals surface area (Å²) in [6.07, 6.45) is 0.490. The van der Waals surface area contributed by atoms with E-state index in [1.807, 2.05) is 46.7 Å². The zero-order valence-electron chi connectivity index (χ0n) is 51.5. The van der Waals surface area contributed by atoms with Crippen molar-refractivity contribution in [1.82, 2.24) is 9.80 Å². The fourth-order valence-electron chi connectivity index (χ4n) is 14.0. The van der Waals surface area contributed by atoms with Crippen LogP contribution in [-0.2, 0) is 28.5 Å². The van der Waals surface area contributed by atoms with Crippen LogP contribution >= 0.6 is 7.26 Å². The number of nitrogens with zero attached hydrogens (tertiary/aromatic N) is 2. The zero-order chi connectivity index (χ0) is 59.6. The number of likely N-dealkylation sites (N-methyl/N-ethyl adjacent to an activating group) is 1. The van der Waals surface area contributed by atoms with Crippen LogP contribution in [0.1, 0.15) is 133 Å². The first kappa shape index (κ1) is 65.9. The van der Waals surface area contributed by atoms with Crippen molar-refractivity contribution in [2.24, 2.45) is 17.8 Å². The monoisotopic (exact) mass is 1150 g/mol. The van der Waals surface area contributed by atoms with Gasteiger partial charge in [0.05, 0.1) is 47.7 Å². The van der Waals surface area contributed by atoms with E-state index in [-0.39, 0.29) is 43.7 Å². The van der Waals surface area contributed by atoms with Crippen molar-refractivity contribution >= 4 is 29.1 Å². The molecule has 3 heterocycles. The van der Waals surface area contributed by atoms with Gasteiger partial charge < -0.3 is 54.1 Å². The van der Waals surface area contributed by atoms with Gasteiger partial charge in [0.25, 0.3) is 0 Å². The van der Waals surface area contributed by atoms with Crippen LogP contribution in [0.2, 0.25) is 0 Å². The molecule has 5 N–H and O–H groups in total. The number of hydrogen-bond acceptors (Lipinski definition) is 13. The maximum Gasteiger partial charge on any atom is 0.309 e. The highest BCUT2D eigenvalue weighted by Gasteiger charge is 2.53. The van der Waals surface area contributed by atoms with Gasteiger partial charge in [-0.25, -0.2) is 0 Å². The van der Waals surface area contributed by atoms with Gasteiger partial charge in [-0.15, -0.1) is 0 Å². The molecule has 17 atom stereocenters. The normalized spacial score (nSPS) is 34.9. The van der Waals surface area contributed by atoms with Gasteiger partial charge in [0.1, 0.15) is 53.2 Å². The van der Waals surface area contributed by atoms with E-state index >= 15 is 0 Å². The van der Waals surface area contributed by atoms with Crippen molar-refractivity contribution in [3.05, 3.63) is 115 Å². The number of unbranched alkanes of at least 4 members (excludes halogenated alkanes) is 5. The molecule has 1 unspecified atom stereocenters. The zero-order valence-corrected chi connectivity index (χ0v) is 52.4. The Morgan fingerprint density at radius 2 is 1.29 bits per heavy atom. The number of benzene rings is 4. The lowest BCUT2D eigenvalue weighted by molar-refractivity contribution is -0.293. The Hall–Kier alpha value is -3.66. The largest absolute Gasteiger partial charge is 0.459 e. The van der Waals surface area contributed by atoms with E-state index in [9.17, 15) is 30.3 Å². The minimum atomic E-state index is -2.10. The van der Waals surface area contributed by atoms with Crippen molar-refractivity contribution in [2.45, 2.75) is 217 Å². The molecule has 3 aliphatic rings. The fourth-order valence-corrected chi connectivity index (χ4v) is 18.6. The Bertz CT molecular complexity index is 2520. The quantitative estimate of drug-likeness (QED) is 0.0342. The smallest absolute Gasteiger partial charge is 0.309 e. The van der Waals surface area contributed by atoms with Gasteiger partial charge >= 0.3 is 5.97 Å². The predicted molar refractivity (Wildman–Crippen MR) is 330 cm³/mol. The molecule has 0 bridgehead atoms. The van der Waals surface area contributed by atoms with E-state index in [0.717, 1.165) is 44.7 Å². The highest BCUT2D eigenvalue weighted by molar-refractivity contribution is 7.95. The van der Waals surface area contributed by atoms with Crippen LogP contribution in [0.25, 0.3) is 11.1 Å². The Kier molecular flexibility index (Phi) is 23.4. The lowest BCUT2D eigenvalue weighted by atomic mass is 9.73. The molecule has 0 spiro atoms. The van der Waals surface area contributed by atoms with E-state index in [0.29, 0.717) is 19.5 Å². The van der Waals surface area contributed by atoms with Crippen LogP contribution in [0.5, 0.6) is 0 Å². The van der Waals surface area contributed by atoms with Crippen LogP contribution in [0, 0.1) is 17.8 Å². The number of ether oxygens (including phenoxy) is 5. The van der Waals surface area contributed by atoms with E-state index in [1.54, 1.807) is 34.8 Å². The standard InChI is InChI=1S/C68H102N2O11P/c1-13-59-68(9,76)62(72)49(5)70(39-29-16-14-15-17-30-40-82(52-33-23-19-24-34-52,53-35-25-20-26-36-53)58-38-28-27-37-54(58)51-31-21-18-22-32-51)45-46(2)43-66(7,75)60(81-65-61(71)56(69(10)11)41-47(3)78-65)42-55(48(4)64(74)80-59)57-44-67(8,77-12)63(73)50(6)79-57/h18-28,31-38,46-50,55-57,59-63,65,71-73,75-76H,13-17,29-30,39-45H2,1-12H3/q+1/t46-,47-,48-,49-,50+,55+,56+,57?,59-,60-,61-,62-,63+,65+,66-,67-,68-/m1/s1. The predicted octanol–water partition coefficient (Wildman–Crippen LogP) is 9.30. The van der Waals surface area contributed by atoms with Gasteiger partial charge in [-0.05, 0) is 149 Å². The molecule has 0 saturated carbocycles. The molecule has 0 radical (unpaired) electrons. The summed E-state index contributed by atoms with van der Waals surface area (Å²) in [5.74, 6) is -2.31. The molecule has 0 aromatic heterocycles. The van der Waals surface area contributed by atoms with E-state index < -0.39 is 96.9 Å². The average molecular weight is 1150 g/mol. The number of carbonyl (C=O) groups is 1. The van der Waals surface area contributed by atoms with Crippen molar-refractivity contribution in [3.8, 4) is 11.1 Å². The third-order valence-electron chi connectivity index (χ3n) is 19.0. The van der Waals surface area contributed by atoms with E-state index in [1.165, 1.54) is 27.0 Å². The van der Waals surface area contributed by atoms with E-state index in [4.69, 9.17) is 23.7 Å². The van der Waals surface area contributed by atoms with Crippen LogP contribution in [0.4, 0.5) is 0 Å². The van der Waals surface area contributed by atoms with Gasteiger partial charge in [0.15, 0.2) is 6.29 Å². The number of aliphatic hydroxyl groups excluding tert-OH is 3. The molecule has 4 aromatic carbocycles. The van der Waals surface area contributed by atoms with E-state index in [2.05, 4.69) is 127 Å². The second-order valence-electron chi connectivity index (χ2n) is 25.5. The Labute approximate surface area is 492 Å². The third-order valence-corrected chi connectivity index (χ3v) is 23.5. The Balaban J connectivity index is 1.12. The Morgan fingerprint density at radius 1 is 0.720 bits per heavy atom. The van der Waals surface area contributed by atoms with Gasteiger partial charge in [0, 0.05) is 43.6 Å². The van der Waals surface area contributed by atoms with Crippen LogP contribution < -0.4 is 15.9 Å². The molecule has 4 aromatic rings. The first-order valence-corrected chi connectivity index (χ1v) is 32.7. The highest BCUT2D eigenvalue weighted by Crippen LogP contribution is 2.58. The Morgan fingerprint density at radius 3 is 1.89 bits per heavy atom. The molecule has 14 heteroatoms. The first-order chi connectivity index (χ1) is 39.0. The molecule has 0 amide bonds. The summed E-state index contributed by atoms with van der Waals surface area (Å²) in [7, 11) is 3.28. The van der Waals surface area contributed by atoms with Crippen molar-refractivity contribution in [1.29, 1.82) is 0 Å². The van der Waals surface area contributed by atoms with Gasteiger partial charge in [-0.3, -0.25) is 9.69 Å². The van der Waals surface area contributed by atoms with Gasteiger partial charge in [-0.2, -0.15) is 0 Å². The minimum Gasteiger partial charge on any atom is -0.459 e. The van der Waals surface area contributed by atoms with Crippen molar-refractivity contribution < 1.29 is 54.0 Å². The van der Waals surface area contributed by atoms with Crippen LogP contribution in [-0.4, -0.2) is 166 Å². The molecule has 3 saturated heterocycles. The number of aliphatic hydroxyl groups is 5. The van der Waals surface area contributed by atoms with Crippen LogP contribution in [0.15, 0.2) is 115 Å².